The Morgan fingerprint density at radius 1 is 1.19 bits per heavy atom. The highest BCUT2D eigenvalue weighted by atomic mass is 16.5. The summed E-state index contributed by atoms with van der Waals surface area (Å²) in [6, 6.07) is 6.28. The number of nitrogens with two attached hydrogens (primary N) is 1. The van der Waals surface area contributed by atoms with Crippen LogP contribution >= 0.6 is 0 Å². The van der Waals surface area contributed by atoms with E-state index in [1.54, 1.807) is 0 Å². The van der Waals surface area contributed by atoms with Crippen LogP contribution in [0.2, 0.25) is 0 Å². The summed E-state index contributed by atoms with van der Waals surface area (Å²) in [5.74, 6) is -0.179. The lowest BCUT2D eigenvalue weighted by Gasteiger charge is -2.26. The van der Waals surface area contributed by atoms with E-state index in [0.29, 0.717) is 13.0 Å². The molecular weight excluding hydrogens is 262 g/mol. The summed E-state index contributed by atoms with van der Waals surface area (Å²) in [5, 5.41) is 0. The van der Waals surface area contributed by atoms with Gasteiger partial charge in [0.15, 0.2) is 0 Å². The number of rotatable bonds is 7. The Morgan fingerprint density at radius 2 is 1.81 bits per heavy atom. The molecule has 0 amide bonds. The van der Waals surface area contributed by atoms with Crippen LogP contribution in [0.1, 0.15) is 63.8 Å². The van der Waals surface area contributed by atoms with E-state index >= 15 is 0 Å². The topological polar surface area (TPSA) is 52.3 Å². The highest BCUT2D eigenvalue weighted by Gasteiger charge is 2.31. The van der Waals surface area contributed by atoms with Crippen LogP contribution in [-0.2, 0) is 22.4 Å². The van der Waals surface area contributed by atoms with Gasteiger partial charge in [0.05, 0.1) is 12.0 Å². The molecule has 0 aliphatic carbocycles. The predicted molar refractivity (Wildman–Crippen MR) is 87.2 cm³/mol. The molecule has 0 aliphatic heterocycles. The van der Waals surface area contributed by atoms with Crippen LogP contribution in [0, 0.1) is 5.41 Å². The number of aryl methyl sites for hydroxylation is 2. The zero-order valence-corrected chi connectivity index (χ0v) is 14.0. The van der Waals surface area contributed by atoms with Crippen LogP contribution in [0.25, 0.3) is 0 Å². The van der Waals surface area contributed by atoms with Gasteiger partial charge in [-0.05, 0) is 56.7 Å². The van der Waals surface area contributed by atoms with Crippen LogP contribution in [0.4, 0.5) is 0 Å². The summed E-state index contributed by atoms with van der Waals surface area (Å²) < 4.78 is 5.13. The molecular formula is C18H29NO2. The lowest BCUT2D eigenvalue weighted by atomic mass is 9.83. The molecule has 118 valence electrons. The second-order valence-electron chi connectivity index (χ2n) is 6.15. The van der Waals surface area contributed by atoms with Crippen molar-refractivity contribution in [2.45, 2.75) is 59.9 Å². The van der Waals surface area contributed by atoms with E-state index in [-0.39, 0.29) is 12.0 Å². The largest absolute Gasteiger partial charge is 0.466 e. The second-order valence-corrected chi connectivity index (χ2v) is 6.15. The average molecular weight is 291 g/mol. The van der Waals surface area contributed by atoms with Gasteiger partial charge in [0, 0.05) is 6.04 Å². The molecule has 2 N–H and O–H groups in total. The van der Waals surface area contributed by atoms with E-state index in [2.05, 4.69) is 32.0 Å². The first-order chi connectivity index (χ1) is 9.85. The van der Waals surface area contributed by atoms with E-state index in [1.807, 2.05) is 20.8 Å². The van der Waals surface area contributed by atoms with Crippen molar-refractivity contribution in [3.8, 4) is 0 Å². The number of carbonyl (C=O) groups is 1. The molecule has 0 heterocycles. The zero-order chi connectivity index (χ0) is 16.0. The first-order valence-corrected chi connectivity index (χ1v) is 7.90. The summed E-state index contributed by atoms with van der Waals surface area (Å²) in [4.78, 5) is 12.0. The summed E-state index contributed by atoms with van der Waals surface area (Å²) in [6.07, 6.45) is 2.62. The highest BCUT2D eigenvalue weighted by molar-refractivity contribution is 5.76. The number of esters is 1. The molecule has 1 rings (SSSR count). The van der Waals surface area contributed by atoms with Gasteiger partial charge >= 0.3 is 5.97 Å². The molecule has 1 atom stereocenters. The summed E-state index contributed by atoms with van der Waals surface area (Å²) in [5.41, 5.74) is 9.58. The van der Waals surface area contributed by atoms with Crippen LogP contribution < -0.4 is 5.73 Å². The Hall–Kier alpha value is -1.35. The molecule has 0 spiro atoms. The maximum absolute atomic E-state index is 12.0. The number of benzene rings is 1. The molecule has 3 nitrogen and oxygen atoms in total. The van der Waals surface area contributed by atoms with Crippen molar-refractivity contribution in [3.05, 3.63) is 34.9 Å². The molecule has 21 heavy (non-hydrogen) atoms. The van der Waals surface area contributed by atoms with Crippen molar-refractivity contribution in [1.29, 1.82) is 0 Å². The van der Waals surface area contributed by atoms with Gasteiger partial charge in [-0.2, -0.15) is 0 Å². The standard InChI is InChI=1S/C18H29NO2/c1-6-13-9-10-15(11-14(13)7-2)16(19)12-18(4,5)17(20)21-8-3/h9-11,16H,6-8,12,19H2,1-5H3. The normalized spacial score (nSPS) is 13.0. The van der Waals surface area contributed by atoms with Crippen molar-refractivity contribution < 1.29 is 9.53 Å². The lowest BCUT2D eigenvalue weighted by Crippen LogP contribution is -2.31. The smallest absolute Gasteiger partial charge is 0.311 e. The van der Waals surface area contributed by atoms with Crippen molar-refractivity contribution in [2.24, 2.45) is 11.1 Å². The lowest BCUT2D eigenvalue weighted by molar-refractivity contribution is -0.154. The maximum atomic E-state index is 12.0. The van der Waals surface area contributed by atoms with Gasteiger partial charge in [-0.1, -0.05) is 32.0 Å². The molecule has 0 saturated heterocycles. The van der Waals surface area contributed by atoms with Crippen LogP contribution in [0.15, 0.2) is 18.2 Å². The summed E-state index contributed by atoms with van der Waals surface area (Å²) in [7, 11) is 0. The van der Waals surface area contributed by atoms with E-state index in [9.17, 15) is 4.79 Å². The Morgan fingerprint density at radius 3 is 2.33 bits per heavy atom. The molecule has 1 unspecified atom stereocenters. The Bertz CT molecular complexity index is 480. The Balaban J connectivity index is 2.88. The minimum absolute atomic E-state index is 0.152. The number of hydrogen-bond acceptors (Lipinski definition) is 3. The zero-order valence-electron chi connectivity index (χ0n) is 14.0. The fourth-order valence-electron chi connectivity index (χ4n) is 2.63. The van der Waals surface area contributed by atoms with Crippen molar-refractivity contribution in [1.82, 2.24) is 0 Å². The molecule has 1 aromatic rings. The van der Waals surface area contributed by atoms with Gasteiger partial charge in [0.2, 0.25) is 0 Å². The van der Waals surface area contributed by atoms with Gasteiger partial charge < -0.3 is 10.5 Å². The monoisotopic (exact) mass is 291 g/mol. The van der Waals surface area contributed by atoms with E-state index in [1.165, 1.54) is 11.1 Å². The highest BCUT2D eigenvalue weighted by Crippen LogP contribution is 2.30. The van der Waals surface area contributed by atoms with E-state index < -0.39 is 5.41 Å². The van der Waals surface area contributed by atoms with E-state index in [0.717, 1.165) is 18.4 Å². The minimum atomic E-state index is -0.564. The SMILES string of the molecule is CCOC(=O)C(C)(C)CC(N)c1ccc(CC)c(CC)c1. The van der Waals surface area contributed by atoms with Gasteiger partial charge in [-0.3, -0.25) is 4.79 Å². The van der Waals surface area contributed by atoms with Crippen LogP contribution in [0.5, 0.6) is 0 Å². The van der Waals surface area contributed by atoms with E-state index in [4.69, 9.17) is 10.5 Å². The Labute approximate surface area is 128 Å². The molecule has 1 aromatic carbocycles. The first kappa shape index (κ1) is 17.7. The van der Waals surface area contributed by atoms with Gasteiger partial charge in [0.1, 0.15) is 0 Å². The van der Waals surface area contributed by atoms with Crippen molar-refractivity contribution >= 4 is 5.97 Å². The molecule has 0 radical (unpaired) electrons. The second kappa shape index (κ2) is 7.60. The fraction of sp³-hybridized carbons (Fsp3) is 0.611. The molecule has 0 aromatic heterocycles. The molecule has 0 aliphatic rings. The third-order valence-corrected chi connectivity index (χ3v) is 3.98. The van der Waals surface area contributed by atoms with Crippen molar-refractivity contribution in [2.75, 3.05) is 6.61 Å². The molecule has 0 fully saturated rings. The van der Waals surface area contributed by atoms with Crippen LogP contribution in [0.3, 0.4) is 0 Å². The van der Waals surface area contributed by atoms with Crippen LogP contribution in [-0.4, -0.2) is 12.6 Å². The van der Waals surface area contributed by atoms with Gasteiger partial charge in [-0.15, -0.1) is 0 Å². The summed E-state index contributed by atoms with van der Waals surface area (Å²) in [6.45, 7) is 10.3. The van der Waals surface area contributed by atoms with Gasteiger partial charge in [0.25, 0.3) is 0 Å². The predicted octanol–water partition coefficient (Wildman–Crippen LogP) is 3.79. The third-order valence-electron chi connectivity index (χ3n) is 3.98. The number of ether oxygens (including phenoxy) is 1. The number of hydrogen-bond donors (Lipinski definition) is 1. The number of carbonyl (C=O) groups excluding carboxylic acids is 1. The summed E-state index contributed by atoms with van der Waals surface area (Å²) >= 11 is 0. The van der Waals surface area contributed by atoms with Gasteiger partial charge in [-0.25, -0.2) is 0 Å². The minimum Gasteiger partial charge on any atom is -0.466 e. The maximum Gasteiger partial charge on any atom is 0.311 e. The quantitative estimate of drug-likeness (QED) is 0.778. The third kappa shape index (κ3) is 4.57. The molecule has 0 bridgehead atoms. The first-order valence-electron chi connectivity index (χ1n) is 7.90. The fourth-order valence-corrected chi connectivity index (χ4v) is 2.63. The average Bonchev–Trinajstić information content (AvgIpc) is 2.46. The Kier molecular flexibility index (Phi) is 6.41. The van der Waals surface area contributed by atoms with Crippen molar-refractivity contribution in [3.63, 3.8) is 0 Å². The molecule has 0 saturated carbocycles. The molecule has 3 heteroatoms.